The van der Waals surface area contributed by atoms with Gasteiger partial charge in [0.2, 0.25) is 5.95 Å². The van der Waals surface area contributed by atoms with Gasteiger partial charge in [-0.25, -0.2) is 10.5 Å². The number of amides is 1. The van der Waals surface area contributed by atoms with Crippen LogP contribution in [0.2, 0.25) is 0 Å². The van der Waals surface area contributed by atoms with Gasteiger partial charge in [-0.3, -0.25) is 10.2 Å². The lowest BCUT2D eigenvalue weighted by atomic mass is 10.4. The number of carbonyl (C=O) groups is 1. The predicted octanol–water partition coefficient (Wildman–Crippen LogP) is -1.16. The molecule has 0 aromatic carbocycles. The highest BCUT2D eigenvalue weighted by molar-refractivity contribution is 5.92. The van der Waals surface area contributed by atoms with E-state index in [1.807, 2.05) is 0 Å². The maximum absolute atomic E-state index is 11.0. The highest BCUT2D eigenvalue weighted by atomic mass is 16.5. The number of carbonyl (C=O) groups excluding carboxylic acids is 1. The van der Waals surface area contributed by atoms with Gasteiger partial charge in [0.25, 0.3) is 11.9 Å². The molecule has 0 bridgehead atoms. The molecule has 10 nitrogen and oxygen atoms in total. The molecule has 0 spiro atoms. The molecule has 2 rings (SSSR count). The first-order chi connectivity index (χ1) is 9.13. The molecule has 5 N–H and O–H groups in total. The molecular weight excluding hydrogens is 252 g/mol. The molecule has 2 aromatic heterocycles. The molecule has 10 heteroatoms. The molecule has 0 atom stereocenters. The van der Waals surface area contributed by atoms with Crippen molar-refractivity contribution in [2.24, 2.45) is 11.6 Å². The van der Waals surface area contributed by atoms with Crippen LogP contribution in [0.3, 0.4) is 0 Å². The molecule has 0 aliphatic carbocycles. The maximum Gasteiger partial charge on any atom is 0.323 e. The second kappa shape index (κ2) is 5.27. The Bertz CT molecular complexity index is 596. The van der Waals surface area contributed by atoms with Crippen molar-refractivity contribution in [3.63, 3.8) is 0 Å². The molecule has 0 aliphatic rings. The zero-order valence-corrected chi connectivity index (χ0v) is 10.1. The van der Waals surface area contributed by atoms with Crippen LogP contribution in [0.5, 0.6) is 6.01 Å². The number of hydrogen-bond acceptors (Lipinski definition) is 8. The van der Waals surface area contributed by atoms with Crippen molar-refractivity contribution in [1.82, 2.24) is 24.7 Å². The van der Waals surface area contributed by atoms with Gasteiger partial charge in [-0.05, 0) is 6.92 Å². The van der Waals surface area contributed by atoms with E-state index in [0.717, 1.165) is 0 Å². The number of nitrogens with one attached hydrogen (secondary N) is 1. The SMILES string of the molecule is CCOc1nc(NN)nc(-n2cc(C(N)=O)cn2)n1. The van der Waals surface area contributed by atoms with Crippen LogP contribution in [0.15, 0.2) is 12.4 Å². The molecule has 0 aliphatic heterocycles. The molecular formula is C9H12N8O2. The van der Waals surface area contributed by atoms with Gasteiger partial charge in [0.15, 0.2) is 0 Å². The van der Waals surface area contributed by atoms with Gasteiger partial charge in [-0.2, -0.15) is 20.1 Å². The van der Waals surface area contributed by atoms with E-state index in [9.17, 15) is 4.79 Å². The number of hydrazine groups is 1. The smallest absolute Gasteiger partial charge is 0.323 e. The van der Waals surface area contributed by atoms with E-state index >= 15 is 0 Å². The Labute approximate surface area is 107 Å². The number of hydrogen-bond donors (Lipinski definition) is 3. The number of nitrogens with two attached hydrogens (primary N) is 2. The predicted molar refractivity (Wildman–Crippen MR) is 64.4 cm³/mol. The highest BCUT2D eigenvalue weighted by Gasteiger charge is 2.11. The Balaban J connectivity index is 2.41. The van der Waals surface area contributed by atoms with Crippen LogP contribution in [-0.2, 0) is 0 Å². The van der Waals surface area contributed by atoms with Crippen LogP contribution in [0, 0.1) is 0 Å². The minimum Gasteiger partial charge on any atom is -0.464 e. The van der Waals surface area contributed by atoms with Crippen LogP contribution >= 0.6 is 0 Å². The van der Waals surface area contributed by atoms with Crippen LogP contribution in [-0.4, -0.2) is 37.2 Å². The van der Waals surface area contributed by atoms with E-state index in [1.165, 1.54) is 17.1 Å². The Morgan fingerprint density at radius 3 is 2.84 bits per heavy atom. The van der Waals surface area contributed by atoms with E-state index in [4.69, 9.17) is 16.3 Å². The van der Waals surface area contributed by atoms with Gasteiger partial charge in [0, 0.05) is 6.20 Å². The number of anilines is 1. The van der Waals surface area contributed by atoms with Crippen molar-refractivity contribution < 1.29 is 9.53 Å². The van der Waals surface area contributed by atoms with E-state index < -0.39 is 5.91 Å². The van der Waals surface area contributed by atoms with E-state index in [2.05, 4.69) is 25.5 Å². The second-order valence-corrected chi connectivity index (χ2v) is 3.36. The number of aromatic nitrogens is 5. The highest BCUT2D eigenvalue weighted by Crippen LogP contribution is 2.10. The third-order valence-corrected chi connectivity index (χ3v) is 2.08. The largest absolute Gasteiger partial charge is 0.464 e. The Morgan fingerprint density at radius 2 is 2.26 bits per heavy atom. The van der Waals surface area contributed by atoms with E-state index in [0.29, 0.717) is 6.61 Å². The molecule has 19 heavy (non-hydrogen) atoms. The minimum atomic E-state index is -0.595. The third kappa shape index (κ3) is 2.74. The summed E-state index contributed by atoms with van der Waals surface area (Å²) in [5.41, 5.74) is 7.66. The molecule has 0 radical (unpaired) electrons. The lowest BCUT2D eigenvalue weighted by Gasteiger charge is -2.06. The van der Waals surface area contributed by atoms with Gasteiger partial charge in [0.05, 0.1) is 18.4 Å². The first-order valence-electron chi connectivity index (χ1n) is 5.34. The molecule has 0 saturated carbocycles. The zero-order valence-electron chi connectivity index (χ0n) is 10.1. The lowest BCUT2D eigenvalue weighted by molar-refractivity contribution is 0.100. The number of nitrogen functional groups attached to an aromatic ring is 1. The minimum absolute atomic E-state index is 0.0941. The normalized spacial score (nSPS) is 10.2. The van der Waals surface area contributed by atoms with Crippen molar-refractivity contribution in [2.75, 3.05) is 12.0 Å². The summed E-state index contributed by atoms with van der Waals surface area (Å²) >= 11 is 0. The van der Waals surface area contributed by atoms with Crippen molar-refractivity contribution in [1.29, 1.82) is 0 Å². The number of ether oxygens (including phenoxy) is 1. The summed E-state index contributed by atoms with van der Waals surface area (Å²) in [6, 6.07) is 0.0941. The summed E-state index contributed by atoms with van der Waals surface area (Å²) in [7, 11) is 0. The van der Waals surface area contributed by atoms with Crippen LogP contribution < -0.4 is 21.7 Å². The van der Waals surface area contributed by atoms with E-state index in [1.54, 1.807) is 6.92 Å². The monoisotopic (exact) mass is 264 g/mol. The number of rotatable bonds is 5. The maximum atomic E-state index is 11.0. The van der Waals surface area contributed by atoms with Gasteiger partial charge in [-0.15, -0.1) is 0 Å². The summed E-state index contributed by atoms with van der Waals surface area (Å²) in [6.07, 6.45) is 2.70. The quantitative estimate of drug-likeness (QED) is 0.452. The molecule has 0 unspecified atom stereocenters. The van der Waals surface area contributed by atoms with Gasteiger partial charge < -0.3 is 10.5 Å². The molecule has 1 amide bonds. The van der Waals surface area contributed by atoms with Crippen molar-refractivity contribution >= 4 is 11.9 Å². The first kappa shape index (κ1) is 12.7. The topological polar surface area (TPSA) is 147 Å². The molecule has 100 valence electrons. The second-order valence-electron chi connectivity index (χ2n) is 3.36. The average Bonchev–Trinajstić information content (AvgIpc) is 2.88. The van der Waals surface area contributed by atoms with Crippen LogP contribution in [0.25, 0.3) is 5.95 Å². The van der Waals surface area contributed by atoms with Gasteiger partial charge >= 0.3 is 6.01 Å². The van der Waals surface area contributed by atoms with Crippen molar-refractivity contribution in [2.45, 2.75) is 6.92 Å². The van der Waals surface area contributed by atoms with Gasteiger partial charge in [0.1, 0.15) is 0 Å². The lowest BCUT2D eigenvalue weighted by Crippen LogP contribution is -2.15. The average molecular weight is 264 g/mol. The summed E-state index contributed by atoms with van der Waals surface area (Å²) in [5, 5.41) is 3.92. The van der Waals surface area contributed by atoms with Crippen molar-refractivity contribution in [3.05, 3.63) is 18.0 Å². The zero-order chi connectivity index (χ0) is 13.8. The summed E-state index contributed by atoms with van der Waals surface area (Å²) in [5.74, 6) is 4.93. The first-order valence-corrected chi connectivity index (χ1v) is 5.34. The third-order valence-electron chi connectivity index (χ3n) is 2.08. The van der Waals surface area contributed by atoms with E-state index in [-0.39, 0.29) is 23.5 Å². The fourth-order valence-corrected chi connectivity index (χ4v) is 1.27. The fourth-order valence-electron chi connectivity index (χ4n) is 1.27. The summed E-state index contributed by atoms with van der Waals surface area (Å²) in [6.45, 7) is 2.18. The fraction of sp³-hybridized carbons (Fsp3) is 0.222. The molecule has 2 aromatic rings. The number of primary amides is 1. The van der Waals surface area contributed by atoms with Crippen molar-refractivity contribution in [3.8, 4) is 12.0 Å². The Hall–Kier alpha value is -2.75. The standard InChI is InChI=1S/C9H12N8O2/c1-2-19-9-14-7(16-11)13-8(15-9)17-4-5(3-12-17)6(10)18/h3-4H,2,11H2,1H3,(H2,10,18)(H,13,14,15,16). The Kier molecular flexibility index (Phi) is 3.52. The number of nitrogens with zero attached hydrogens (tertiary/aromatic N) is 5. The van der Waals surface area contributed by atoms with Crippen LogP contribution in [0.4, 0.5) is 5.95 Å². The summed E-state index contributed by atoms with van der Waals surface area (Å²) < 4.78 is 6.44. The molecule has 0 fully saturated rings. The molecule has 0 saturated heterocycles. The van der Waals surface area contributed by atoms with Crippen LogP contribution in [0.1, 0.15) is 17.3 Å². The summed E-state index contributed by atoms with van der Waals surface area (Å²) in [4.78, 5) is 22.9. The van der Waals surface area contributed by atoms with Gasteiger partial charge in [-0.1, -0.05) is 0 Å². The molecule has 2 heterocycles. The Morgan fingerprint density at radius 1 is 1.47 bits per heavy atom.